The molecule has 4 heterocycles. The Morgan fingerprint density at radius 3 is 3.00 bits per heavy atom. The van der Waals surface area contributed by atoms with E-state index in [2.05, 4.69) is 25.5 Å². The molecule has 0 aromatic carbocycles. The quantitative estimate of drug-likeness (QED) is 0.691. The Bertz CT molecular complexity index is 783. The summed E-state index contributed by atoms with van der Waals surface area (Å²) >= 11 is 0. The van der Waals surface area contributed by atoms with E-state index in [1.54, 1.807) is 6.26 Å². The molecule has 0 unspecified atom stereocenters. The van der Waals surface area contributed by atoms with Gasteiger partial charge in [0.2, 0.25) is 0 Å². The average Bonchev–Trinajstić information content (AvgIpc) is 3.23. The summed E-state index contributed by atoms with van der Waals surface area (Å²) in [6, 6.07) is 7.91. The predicted octanol–water partition coefficient (Wildman–Crippen LogP) is 2.99. The topological polar surface area (TPSA) is 56.3 Å². The summed E-state index contributed by atoms with van der Waals surface area (Å²) in [5.74, 6) is 0.837. The fourth-order valence-electron chi connectivity index (χ4n) is 3.23. The zero-order valence-corrected chi connectivity index (χ0v) is 14.2. The molecular weight excluding hydrogens is 316 g/mol. The third-order valence-corrected chi connectivity index (χ3v) is 4.47. The second-order valence-corrected chi connectivity index (χ2v) is 6.33. The highest BCUT2D eigenvalue weighted by Crippen LogP contribution is 2.19. The van der Waals surface area contributed by atoms with Gasteiger partial charge in [0.1, 0.15) is 12.4 Å². The molecule has 0 bridgehead atoms. The van der Waals surface area contributed by atoms with Crippen molar-refractivity contribution in [3.63, 3.8) is 0 Å². The summed E-state index contributed by atoms with van der Waals surface area (Å²) in [7, 11) is 0. The van der Waals surface area contributed by atoms with Crippen LogP contribution in [0.2, 0.25) is 0 Å². The van der Waals surface area contributed by atoms with Crippen LogP contribution in [-0.4, -0.2) is 26.0 Å². The van der Waals surface area contributed by atoms with Gasteiger partial charge in [-0.15, -0.1) is 0 Å². The van der Waals surface area contributed by atoms with Gasteiger partial charge in [-0.25, -0.2) is 4.98 Å². The van der Waals surface area contributed by atoms with Gasteiger partial charge in [-0.2, -0.15) is 0 Å². The first kappa shape index (κ1) is 16.1. The molecule has 4 rings (SSSR count). The molecule has 1 aliphatic rings. The maximum absolute atomic E-state index is 5.78. The Morgan fingerprint density at radius 2 is 2.16 bits per heavy atom. The second kappa shape index (κ2) is 7.63. The number of fused-ring (bicyclic) bond motifs is 1. The van der Waals surface area contributed by atoms with Gasteiger partial charge in [-0.05, 0) is 30.2 Å². The lowest BCUT2D eigenvalue weighted by molar-refractivity contribution is 0.0897. The van der Waals surface area contributed by atoms with E-state index in [1.165, 1.54) is 11.3 Å². The van der Waals surface area contributed by atoms with Crippen LogP contribution in [0.5, 0.6) is 0 Å². The minimum absolute atomic E-state index is 0.471. The first-order valence-electron chi connectivity index (χ1n) is 8.63. The Balaban J connectivity index is 1.41. The van der Waals surface area contributed by atoms with Crippen molar-refractivity contribution < 1.29 is 9.15 Å². The number of rotatable bonds is 6. The van der Waals surface area contributed by atoms with E-state index in [9.17, 15) is 0 Å². The zero-order chi connectivity index (χ0) is 16.9. The van der Waals surface area contributed by atoms with Crippen LogP contribution >= 0.6 is 0 Å². The fraction of sp³-hybridized carbons (Fsp3) is 0.368. The van der Waals surface area contributed by atoms with Crippen molar-refractivity contribution in [2.24, 2.45) is 0 Å². The van der Waals surface area contributed by atoms with Crippen LogP contribution in [0.3, 0.4) is 0 Å². The van der Waals surface area contributed by atoms with E-state index in [-0.39, 0.29) is 0 Å². The van der Waals surface area contributed by atoms with E-state index in [1.807, 2.05) is 36.9 Å². The highest BCUT2D eigenvalue weighted by atomic mass is 16.5. The number of ether oxygens (including phenoxy) is 1. The van der Waals surface area contributed by atoms with Crippen molar-refractivity contribution in [3.05, 3.63) is 72.0 Å². The highest BCUT2D eigenvalue weighted by molar-refractivity contribution is 5.15. The summed E-state index contributed by atoms with van der Waals surface area (Å²) in [5, 5.41) is 0. The van der Waals surface area contributed by atoms with Gasteiger partial charge < -0.3 is 13.7 Å². The molecule has 6 nitrogen and oxygen atoms in total. The Kier molecular flexibility index (Phi) is 4.90. The summed E-state index contributed by atoms with van der Waals surface area (Å²) in [6.45, 7) is 4.84. The molecule has 0 fully saturated rings. The van der Waals surface area contributed by atoms with Crippen molar-refractivity contribution in [3.8, 4) is 0 Å². The first-order valence-corrected chi connectivity index (χ1v) is 8.63. The third kappa shape index (κ3) is 3.97. The van der Waals surface area contributed by atoms with Crippen LogP contribution in [0.15, 0.2) is 53.7 Å². The average molecular weight is 338 g/mol. The smallest absolute Gasteiger partial charge is 0.129 e. The maximum atomic E-state index is 5.78. The maximum Gasteiger partial charge on any atom is 0.129 e. The van der Waals surface area contributed by atoms with Gasteiger partial charge in [0.15, 0.2) is 0 Å². The van der Waals surface area contributed by atoms with Crippen LogP contribution < -0.4 is 0 Å². The van der Waals surface area contributed by atoms with E-state index in [0.29, 0.717) is 13.2 Å². The standard InChI is InChI=1S/C19H22N4O2/c1-4-16(10-20-6-1)11-22-7-3-8-23-15-21-18(19(23)12-22)14-24-13-17-5-2-9-25-17/h1-2,4-6,9-10,15H,3,7-8,11-14H2. The SMILES string of the molecule is c1cncc(CN2CCCn3cnc(COCc4ccco4)c3C2)c1. The number of aryl methyl sites for hydroxylation is 1. The van der Waals surface area contributed by atoms with E-state index in [4.69, 9.17) is 9.15 Å². The molecule has 3 aromatic heterocycles. The summed E-state index contributed by atoms with van der Waals surface area (Å²) < 4.78 is 13.3. The molecule has 0 N–H and O–H groups in total. The number of aromatic nitrogens is 3. The molecule has 0 saturated carbocycles. The second-order valence-electron chi connectivity index (χ2n) is 6.33. The predicted molar refractivity (Wildman–Crippen MR) is 92.4 cm³/mol. The largest absolute Gasteiger partial charge is 0.467 e. The summed E-state index contributed by atoms with van der Waals surface area (Å²) in [6.07, 6.45) is 8.48. The van der Waals surface area contributed by atoms with Gasteiger partial charge in [-0.3, -0.25) is 9.88 Å². The lowest BCUT2D eigenvalue weighted by Gasteiger charge is -2.20. The molecule has 25 heavy (non-hydrogen) atoms. The molecule has 0 spiro atoms. The van der Waals surface area contributed by atoms with Crippen molar-refractivity contribution in [1.29, 1.82) is 0 Å². The molecule has 130 valence electrons. The van der Waals surface area contributed by atoms with Gasteiger partial charge in [0, 0.05) is 38.6 Å². The fourth-order valence-corrected chi connectivity index (χ4v) is 3.23. The first-order chi connectivity index (χ1) is 12.4. The third-order valence-electron chi connectivity index (χ3n) is 4.47. The Labute approximate surface area is 147 Å². The molecule has 1 aliphatic heterocycles. The molecular formula is C19H22N4O2. The Hall–Kier alpha value is -2.44. The molecule has 0 aliphatic carbocycles. The number of furan rings is 1. The van der Waals surface area contributed by atoms with E-state index in [0.717, 1.165) is 44.1 Å². The normalized spacial score (nSPS) is 15.0. The van der Waals surface area contributed by atoms with Crippen LogP contribution in [0.25, 0.3) is 0 Å². The number of pyridine rings is 1. The number of hydrogen-bond acceptors (Lipinski definition) is 5. The van der Waals surface area contributed by atoms with Gasteiger partial charge in [0.25, 0.3) is 0 Å². The molecule has 0 radical (unpaired) electrons. The van der Waals surface area contributed by atoms with Crippen LogP contribution in [0.4, 0.5) is 0 Å². The van der Waals surface area contributed by atoms with Crippen LogP contribution in [0, 0.1) is 0 Å². The summed E-state index contributed by atoms with van der Waals surface area (Å²) in [5.41, 5.74) is 3.51. The van der Waals surface area contributed by atoms with Crippen molar-refractivity contribution in [2.45, 2.75) is 39.3 Å². The number of nitrogens with zero attached hydrogens (tertiary/aromatic N) is 4. The van der Waals surface area contributed by atoms with Gasteiger partial charge >= 0.3 is 0 Å². The molecule has 3 aromatic rings. The summed E-state index contributed by atoms with van der Waals surface area (Å²) in [4.78, 5) is 11.2. The minimum Gasteiger partial charge on any atom is -0.467 e. The zero-order valence-electron chi connectivity index (χ0n) is 14.2. The highest BCUT2D eigenvalue weighted by Gasteiger charge is 2.19. The molecule has 6 heteroatoms. The van der Waals surface area contributed by atoms with Gasteiger partial charge in [-0.1, -0.05) is 6.07 Å². The van der Waals surface area contributed by atoms with Crippen molar-refractivity contribution >= 4 is 0 Å². The van der Waals surface area contributed by atoms with Crippen molar-refractivity contribution in [2.75, 3.05) is 6.54 Å². The van der Waals surface area contributed by atoms with Crippen LogP contribution in [0.1, 0.15) is 29.1 Å². The lowest BCUT2D eigenvalue weighted by atomic mass is 10.2. The lowest BCUT2D eigenvalue weighted by Crippen LogP contribution is -2.23. The number of hydrogen-bond donors (Lipinski definition) is 0. The monoisotopic (exact) mass is 338 g/mol. The van der Waals surface area contributed by atoms with E-state index >= 15 is 0 Å². The number of imidazole rings is 1. The molecule has 0 atom stereocenters. The van der Waals surface area contributed by atoms with Crippen molar-refractivity contribution in [1.82, 2.24) is 19.4 Å². The minimum atomic E-state index is 0.471. The van der Waals surface area contributed by atoms with Crippen LogP contribution in [-0.2, 0) is 37.6 Å². The van der Waals surface area contributed by atoms with E-state index < -0.39 is 0 Å². The Morgan fingerprint density at radius 1 is 1.16 bits per heavy atom. The molecule has 0 saturated heterocycles. The van der Waals surface area contributed by atoms with Gasteiger partial charge in [0.05, 0.1) is 30.6 Å². The molecule has 0 amide bonds.